The van der Waals surface area contributed by atoms with Crippen LogP contribution in [-0.4, -0.2) is 44.0 Å². The Morgan fingerprint density at radius 2 is 2.09 bits per heavy atom. The first-order valence-corrected chi connectivity index (χ1v) is 8.32. The van der Waals surface area contributed by atoms with Crippen LogP contribution in [0, 0.1) is 20.8 Å². The monoisotopic (exact) mass is 329 g/mol. The van der Waals surface area contributed by atoms with Gasteiger partial charge in [0.2, 0.25) is 0 Å². The molecule has 0 saturated carbocycles. The van der Waals surface area contributed by atoms with E-state index in [1.807, 2.05) is 32.3 Å². The minimum Gasteiger partial charge on any atom is -0.340 e. The first-order chi connectivity index (χ1) is 11.0. The summed E-state index contributed by atoms with van der Waals surface area (Å²) in [5.41, 5.74) is 5.90. The predicted octanol–water partition coefficient (Wildman–Crippen LogP) is 2.43. The van der Waals surface area contributed by atoms with E-state index < -0.39 is 0 Å². The molecule has 0 bridgehead atoms. The highest BCUT2D eigenvalue weighted by atomic mass is 32.1. The second kappa shape index (κ2) is 6.08. The normalized spacial score (nSPS) is 11.1. The largest absolute Gasteiger partial charge is 0.340 e. The van der Waals surface area contributed by atoms with Gasteiger partial charge in [-0.3, -0.25) is 4.79 Å². The summed E-state index contributed by atoms with van der Waals surface area (Å²) in [6.45, 7) is 6.53. The third-order valence-corrected chi connectivity index (χ3v) is 4.81. The lowest BCUT2D eigenvalue weighted by atomic mass is 10.3. The molecule has 23 heavy (non-hydrogen) atoms. The van der Waals surface area contributed by atoms with Crippen LogP contribution in [-0.2, 0) is 6.42 Å². The first-order valence-electron chi connectivity index (χ1n) is 7.44. The van der Waals surface area contributed by atoms with Gasteiger partial charge in [0, 0.05) is 42.3 Å². The first kappa shape index (κ1) is 15.6. The molecule has 0 aliphatic heterocycles. The lowest BCUT2D eigenvalue weighted by Crippen LogP contribution is -2.29. The minimum absolute atomic E-state index is 0.0882. The molecule has 0 aromatic carbocycles. The van der Waals surface area contributed by atoms with Crippen molar-refractivity contribution < 1.29 is 4.79 Å². The Hall–Kier alpha value is -2.28. The van der Waals surface area contributed by atoms with Crippen molar-refractivity contribution in [2.24, 2.45) is 0 Å². The number of nitrogens with zero attached hydrogens (tertiary/aromatic N) is 5. The molecule has 0 atom stereocenters. The molecule has 3 heterocycles. The summed E-state index contributed by atoms with van der Waals surface area (Å²) in [5, 5.41) is 4.39. The fourth-order valence-electron chi connectivity index (χ4n) is 2.52. The minimum atomic E-state index is -0.0882. The van der Waals surface area contributed by atoms with Gasteiger partial charge in [-0.2, -0.15) is 5.10 Å². The lowest BCUT2D eigenvalue weighted by molar-refractivity contribution is 0.0790. The predicted molar refractivity (Wildman–Crippen MR) is 90.0 cm³/mol. The number of fused-ring (bicyclic) bond motifs is 1. The van der Waals surface area contributed by atoms with Crippen molar-refractivity contribution in [3.05, 3.63) is 45.3 Å². The summed E-state index contributed by atoms with van der Waals surface area (Å²) >= 11 is 1.63. The summed E-state index contributed by atoms with van der Waals surface area (Å²) in [4.78, 5) is 24.1. The van der Waals surface area contributed by atoms with Crippen LogP contribution in [0.4, 0.5) is 0 Å². The number of aromatic nitrogens is 4. The molecule has 0 aliphatic rings. The number of rotatable bonds is 4. The second-order valence-corrected chi connectivity index (χ2v) is 6.62. The molecule has 3 aromatic rings. The quantitative estimate of drug-likeness (QED) is 0.737. The average Bonchev–Trinajstić information content (AvgIpc) is 3.10. The van der Waals surface area contributed by atoms with Crippen molar-refractivity contribution in [3.63, 3.8) is 0 Å². The van der Waals surface area contributed by atoms with Gasteiger partial charge in [-0.15, -0.1) is 11.3 Å². The maximum atomic E-state index is 12.6. The van der Waals surface area contributed by atoms with Gasteiger partial charge >= 0.3 is 0 Å². The van der Waals surface area contributed by atoms with Crippen LogP contribution in [0.15, 0.2) is 17.6 Å². The zero-order chi connectivity index (χ0) is 16.6. The molecule has 0 N–H and O–H groups in total. The zero-order valence-electron chi connectivity index (χ0n) is 13.7. The highest BCUT2D eigenvalue weighted by Crippen LogP contribution is 2.14. The third kappa shape index (κ3) is 3.10. The summed E-state index contributed by atoms with van der Waals surface area (Å²) in [5.74, 6) is -0.0882. The summed E-state index contributed by atoms with van der Waals surface area (Å²) in [7, 11) is 1.80. The van der Waals surface area contributed by atoms with E-state index in [-0.39, 0.29) is 5.91 Å². The molecule has 1 amide bonds. The van der Waals surface area contributed by atoms with Gasteiger partial charge in [-0.1, -0.05) is 0 Å². The topological polar surface area (TPSA) is 63.4 Å². The Balaban J connectivity index is 1.77. The molecule has 0 fully saturated rings. The van der Waals surface area contributed by atoms with Crippen LogP contribution < -0.4 is 0 Å². The Labute approximate surface area is 138 Å². The zero-order valence-corrected chi connectivity index (χ0v) is 14.5. The number of likely N-dealkylation sites (N-methyl/N-ethyl adjacent to an activating group) is 1. The number of amides is 1. The fourth-order valence-corrected chi connectivity index (χ4v) is 3.29. The maximum absolute atomic E-state index is 12.6. The lowest BCUT2D eigenvalue weighted by Gasteiger charge is -2.15. The van der Waals surface area contributed by atoms with Gasteiger partial charge in [0.1, 0.15) is 0 Å². The molecular formula is C16H19N5OS. The number of aryl methyl sites for hydroxylation is 3. The van der Waals surface area contributed by atoms with Crippen molar-refractivity contribution in [2.45, 2.75) is 27.2 Å². The number of hydrogen-bond donors (Lipinski definition) is 0. The highest BCUT2D eigenvalue weighted by Gasteiger charge is 2.17. The van der Waals surface area contributed by atoms with Crippen LogP contribution in [0.2, 0.25) is 0 Å². The average molecular weight is 329 g/mol. The van der Waals surface area contributed by atoms with E-state index >= 15 is 0 Å². The Bertz CT molecular complexity index is 867. The molecule has 6 nitrogen and oxygen atoms in total. The number of hydrogen-bond acceptors (Lipinski definition) is 5. The van der Waals surface area contributed by atoms with E-state index in [2.05, 4.69) is 15.1 Å². The van der Waals surface area contributed by atoms with Gasteiger partial charge in [-0.05, 0) is 26.8 Å². The van der Waals surface area contributed by atoms with Crippen LogP contribution in [0.3, 0.4) is 0 Å². The Morgan fingerprint density at radius 1 is 1.30 bits per heavy atom. The van der Waals surface area contributed by atoms with E-state index in [0.29, 0.717) is 17.9 Å². The molecule has 3 aromatic heterocycles. The maximum Gasteiger partial charge on any atom is 0.274 e. The molecule has 0 spiro atoms. The molecule has 0 aliphatic carbocycles. The van der Waals surface area contributed by atoms with Gasteiger partial charge < -0.3 is 4.90 Å². The Kier molecular flexibility index (Phi) is 4.12. The van der Waals surface area contributed by atoms with Gasteiger partial charge in [0.25, 0.3) is 5.91 Å². The van der Waals surface area contributed by atoms with Gasteiger partial charge in [0.05, 0.1) is 11.2 Å². The van der Waals surface area contributed by atoms with E-state index in [4.69, 9.17) is 0 Å². The van der Waals surface area contributed by atoms with E-state index in [1.165, 1.54) is 4.88 Å². The van der Waals surface area contributed by atoms with Crippen molar-refractivity contribution in [1.82, 2.24) is 24.5 Å². The van der Waals surface area contributed by atoms with E-state index in [1.54, 1.807) is 33.9 Å². The molecular weight excluding hydrogens is 310 g/mol. The SMILES string of the molecule is Cc1cc(C)n2nc(C(=O)N(C)CCc3scnc3C)cc2n1. The second-order valence-electron chi connectivity index (χ2n) is 5.68. The molecule has 7 heteroatoms. The number of thiazole rings is 1. The van der Waals surface area contributed by atoms with Crippen LogP contribution in [0.25, 0.3) is 5.65 Å². The van der Waals surface area contributed by atoms with Crippen LogP contribution in [0.5, 0.6) is 0 Å². The summed E-state index contributed by atoms with van der Waals surface area (Å²) < 4.78 is 1.71. The molecule has 0 radical (unpaired) electrons. The third-order valence-electron chi connectivity index (χ3n) is 3.82. The fraction of sp³-hybridized carbons (Fsp3) is 0.375. The summed E-state index contributed by atoms with van der Waals surface area (Å²) in [6, 6.07) is 3.70. The summed E-state index contributed by atoms with van der Waals surface area (Å²) in [6.07, 6.45) is 0.808. The number of carbonyl (C=O) groups excluding carboxylic acids is 1. The van der Waals surface area contributed by atoms with E-state index in [0.717, 1.165) is 23.5 Å². The highest BCUT2D eigenvalue weighted by molar-refractivity contribution is 7.09. The Morgan fingerprint density at radius 3 is 2.78 bits per heavy atom. The molecule has 120 valence electrons. The van der Waals surface area contributed by atoms with Crippen molar-refractivity contribution in [3.8, 4) is 0 Å². The number of carbonyl (C=O) groups is 1. The van der Waals surface area contributed by atoms with Crippen molar-refractivity contribution in [2.75, 3.05) is 13.6 Å². The van der Waals surface area contributed by atoms with Crippen molar-refractivity contribution >= 4 is 22.9 Å². The standard InChI is InChI=1S/C16H19N5OS/c1-10-7-11(2)21-15(18-10)8-13(19-21)16(22)20(4)6-5-14-12(3)17-9-23-14/h7-9H,5-6H2,1-4H3. The molecule has 3 rings (SSSR count). The van der Waals surface area contributed by atoms with Crippen LogP contribution in [0.1, 0.15) is 32.4 Å². The van der Waals surface area contributed by atoms with Gasteiger partial charge in [-0.25, -0.2) is 14.5 Å². The molecule has 0 saturated heterocycles. The van der Waals surface area contributed by atoms with E-state index in [9.17, 15) is 4.79 Å². The smallest absolute Gasteiger partial charge is 0.274 e. The van der Waals surface area contributed by atoms with Crippen LogP contribution >= 0.6 is 11.3 Å². The van der Waals surface area contributed by atoms with Gasteiger partial charge in [0.15, 0.2) is 11.3 Å². The van der Waals surface area contributed by atoms with Crippen molar-refractivity contribution in [1.29, 1.82) is 0 Å². The molecule has 0 unspecified atom stereocenters.